The van der Waals surface area contributed by atoms with Crippen molar-refractivity contribution in [3.8, 4) is 11.3 Å². The molecule has 4 aromatic rings. The van der Waals surface area contributed by atoms with Crippen LogP contribution < -0.4 is 0 Å². The molecule has 0 spiro atoms. The molecule has 0 fully saturated rings. The Bertz CT molecular complexity index is 1110. The van der Waals surface area contributed by atoms with Gasteiger partial charge in [-0.3, -0.25) is 0 Å². The minimum atomic E-state index is 0. The lowest BCUT2D eigenvalue weighted by Crippen LogP contribution is -2.20. The van der Waals surface area contributed by atoms with Crippen LogP contribution in [-0.4, -0.2) is 51.1 Å². The molecule has 0 saturated carbocycles. The summed E-state index contributed by atoms with van der Waals surface area (Å²) in [4.78, 5) is 18.0. The topological polar surface area (TPSA) is 69.8 Å². The van der Waals surface area contributed by atoms with Crippen molar-refractivity contribution < 1.29 is 4.74 Å². The Labute approximate surface area is 230 Å². The van der Waals surface area contributed by atoms with Gasteiger partial charge in [0.25, 0.3) is 0 Å². The summed E-state index contributed by atoms with van der Waals surface area (Å²) in [5.74, 6) is 0.875. The van der Waals surface area contributed by atoms with E-state index in [9.17, 15) is 0 Å². The van der Waals surface area contributed by atoms with Crippen molar-refractivity contribution in [3.05, 3.63) is 47.9 Å². The van der Waals surface area contributed by atoms with E-state index in [0.717, 1.165) is 59.9 Å². The summed E-state index contributed by atoms with van der Waals surface area (Å²) in [5.41, 5.74) is 6.34. The van der Waals surface area contributed by atoms with Gasteiger partial charge in [0.2, 0.25) is 0 Å². The molecule has 2 N–H and O–H groups in total. The van der Waals surface area contributed by atoms with Crippen LogP contribution in [0.25, 0.3) is 33.3 Å². The molecule has 0 radical (unpaired) electrons. The average molecular weight is 520 g/mol. The number of rotatable bonds is 8. The first-order chi connectivity index (χ1) is 14.0. The maximum absolute atomic E-state index is 5.63. The number of nitrogens with zero attached hydrogens (tertiary/aromatic N) is 3. The maximum Gasteiger partial charge on any atom is 0.178 e. The first-order valence-corrected chi connectivity index (χ1v) is 10.2. The van der Waals surface area contributed by atoms with Gasteiger partial charge in [-0.05, 0) is 64.1 Å². The second-order valence-corrected chi connectivity index (χ2v) is 7.99. The first kappa shape index (κ1) is 44.3. The molecular weight excluding hydrogens is 458 g/mol. The number of H-pyrrole nitrogens is 2. The van der Waals surface area contributed by atoms with Crippen LogP contribution in [0, 0.1) is 6.92 Å². The van der Waals surface area contributed by atoms with Crippen LogP contribution >= 0.6 is 0 Å². The van der Waals surface area contributed by atoms with Crippen molar-refractivity contribution in [3.63, 3.8) is 0 Å². The lowest BCUT2D eigenvalue weighted by molar-refractivity contribution is 0.0717. The summed E-state index contributed by atoms with van der Waals surface area (Å²) in [6.07, 6.45) is 3.16. The van der Waals surface area contributed by atoms with Crippen molar-refractivity contribution in [2.45, 2.75) is 99.3 Å². The van der Waals surface area contributed by atoms with Crippen molar-refractivity contribution in [1.29, 1.82) is 0 Å². The molecule has 6 heteroatoms. The van der Waals surface area contributed by atoms with Gasteiger partial charge in [-0.1, -0.05) is 65.5 Å². The van der Waals surface area contributed by atoms with E-state index in [1.54, 1.807) is 0 Å². The lowest BCUT2D eigenvalue weighted by atomic mass is 10.1. The number of pyridine rings is 1. The molecular formula is C31H61N5O. The fourth-order valence-electron chi connectivity index (χ4n) is 3.72. The largest absolute Gasteiger partial charge is 0.379 e. The summed E-state index contributed by atoms with van der Waals surface area (Å²) >= 11 is 0. The summed E-state index contributed by atoms with van der Waals surface area (Å²) in [6.45, 7) is 8.88. The summed E-state index contributed by atoms with van der Waals surface area (Å²) in [7, 11) is 2.16. The standard InChI is InChI=1S/C23H29N5O.8CH4/c1-15(2)29-11-5-10-28(4)14-17-6-7-20-18(12-17)13-21(27-20)19-8-9-24-23-22(19)25-16(3)26-23;;;;;;;;/h6-9,12-13,15,27H,5,10-11,14H2,1-4H3,(H,24,25,26);8*1H4. The number of benzene rings is 1. The zero-order valence-electron chi connectivity index (χ0n) is 17.6. The highest BCUT2D eigenvalue weighted by Crippen LogP contribution is 2.29. The number of fused-ring (bicyclic) bond motifs is 2. The molecule has 0 atom stereocenters. The van der Waals surface area contributed by atoms with Gasteiger partial charge in [-0.2, -0.15) is 0 Å². The molecule has 0 bridgehead atoms. The fourth-order valence-corrected chi connectivity index (χ4v) is 3.72. The predicted molar refractivity (Wildman–Crippen MR) is 172 cm³/mol. The van der Waals surface area contributed by atoms with Gasteiger partial charge in [-0.25, -0.2) is 9.97 Å². The van der Waals surface area contributed by atoms with E-state index in [1.165, 1.54) is 10.9 Å². The summed E-state index contributed by atoms with van der Waals surface area (Å²) < 4.78 is 5.63. The SMILES string of the molecule is C.C.C.C.C.C.C.C.Cc1nc2nccc(-c3cc4cc(CN(C)CCCOC(C)C)ccc4[nH]3)c2[nH]1. The molecule has 37 heavy (non-hydrogen) atoms. The fraction of sp³-hybridized carbons (Fsp3) is 0.548. The highest BCUT2D eigenvalue weighted by Gasteiger charge is 2.11. The number of aryl methyl sites for hydroxylation is 1. The third kappa shape index (κ3) is 10.7. The van der Waals surface area contributed by atoms with Crippen LogP contribution in [-0.2, 0) is 11.3 Å². The first-order valence-electron chi connectivity index (χ1n) is 10.2. The van der Waals surface area contributed by atoms with Crippen molar-refractivity contribution in [2.75, 3.05) is 20.2 Å². The van der Waals surface area contributed by atoms with E-state index in [1.807, 2.05) is 19.2 Å². The number of aromatic amines is 2. The molecule has 0 amide bonds. The Balaban J connectivity index is -0.000000427. The number of ether oxygens (including phenoxy) is 1. The molecule has 4 rings (SSSR count). The van der Waals surface area contributed by atoms with Crippen LogP contribution in [0.5, 0.6) is 0 Å². The van der Waals surface area contributed by atoms with Crippen LogP contribution in [0.4, 0.5) is 0 Å². The van der Waals surface area contributed by atoms with Crippen molar-refractivity contribution in [2.24, 2.45) is 0 Å². The quantitative estimate of drug-likeness (QED) is 0.227. The van der Waals surface area contributed by atoms with Crippen LogP contribution in [0.2, 0.25) is 0 Å². The highest BCUT2D eigenvalue weighted by atomic mass is 16.5. The highest BCUT2D eigenvalue weighted by molar-refractivity contribution is 5.94. The van der Waals surface area contributed by atoms with Crippen LogP contribution in [0.1, 0.15) is 91.1 Å². The third-order valence-corrected chi connectivity index (χ3v) is 5.07. The van der Waals surface area contributed by atoms with Gasteiger partial charge >= 0.3 is 0 Å². The molecule has 0 aliphatic carbocycles. The Morgan fingerprint density at radius 3 is 2.24 bits per heavy atom. The Kier molecular flexibility index (Phi) is 23.2. The molecule has 3 heterocycles. The van der Waals surface area contributed by atoms with Crippen molar-refractivity contribution >= 4 is 22.1 Å². The zero-order valence-corrected chi connectivity index (χ0v) is 17.6. The zero-order chi connectivity index (χ0) is 20.4. The smallest absolute Gasteiger partial charge is 0.178 e. The molecule has 216 valence electrons. The van der Waals surface area contributed by atoms with Gasteiger partial charge in [0.1, 0.15) is 5.82 Å². The average Bonchev–Trinajstić information content (AvgIpc) is 3.26. The second kappa shape index (κ2) is 19.4. The Morgan fingerprint density at radius 2 is 1.59 bits per heavy atom. The second-order valence-electron chi connectivity index (χ2n) is 7.99. The molecule has 6 nitrogen and oxygen atoms in total. The van der Waals surface area contributed by atoms with E-state index in [0.29, 0.717) is 6.10 Å². The van der Waals surface area contributed by atoms with Crippen molar-refractivity contribution in [1.82, 2.24) is 24.8 Å². The van der Waals surface area contributed by atoms with Gasteiger partial charge in [0.15, 0.2) is 5.65 Å². The van der Waals surface area contributed by atoms with E-state index in [4.69, 9.17) is 4.74 Å². The van der Waals surface area contributed by atoms with Crippen LogP contribution in [0.3, 0.4) is 0 Å². The lowest BCUT2D eigenvalue weighted by Gasteiger charge is -2.17. The maximum atomic E-state index is 5.63. The molecule has 0 saturated heterocycles. The molecule has 1 aromatic carbocycles. The third-order valence-electron chi connectivity index (χ3n) is 5.07. The van der Waals surface area contributed by atoms with E-state index in [2.05, 4.69) is 70.0 Å². The Hall–Kier alpha value is -2.70. The van der Waals surface area contributed by atoms with E-state index >= 15 is 0 Å². The van der Waals surface area contributed by atoms with Crippen LogP contribution in [0.15, 0.2) is 36.5 Å². The van der Waals surface area contributed by atoms with Gasteiger partial charge in [-0.15, -0.1) is 0 Å². The number of aromatic nitrogens is 4. The van der Waals surface area contributed by atoms with Gasteiger partial charge < -0.3 is 19.6 Å². The normalized spacial score (nSPS) is 9.46. The number of imidazole rings is 1. The monoisotopic (exact) mass is 519 g/mol. The molecule has 0 unspecified atom stereocenters. The molecule has 0 aliphatic rings. The number of hydrogen-bond donors (Lipinski definition) is 2. The molecule has 0 aliphatic heterocycles. The predicted octanol–water partition coefficient (Wildman–Crippen LogP) is 9.75. The minimum Gasteiger partial charge on any atom is -0.379 e. The summed E-state index contributed by atoms with van der Waals surface area (Å²) in [5, 5.41) is 1.22. The van der Waals surface area contributed by atoms with Gasteiger partial charge in [0, 0.05) is 48.1 Å². The number of nitrogens with one attached hydrogen (secondary N) is 2. The summed E-state index contributed by atoms with van der Waals surface area (Å²) in [6, 6.07) is 10.9. The number of hydrogen-bond acceptors (Lipinski definition) is 4. The van der Waals surface area contributed by atoms with E-state index in [-0.39, 0.29) is 59.4 Å². The molecule has 3 aromatic heterocycles. The van der Waals surface area contributed by atoms with E-state index < -0.39 is 0 Å². The van der Waals surface area contributed by atoms with Gasteiger partial charge in [0.05, 0.1) is 11.6 Å². The Morgan fingerprint density at radius 1 is 0.919 bits per heavy atom. The minimum absolute atomic E-state index is 0.